The van der Waals surface area contributed by atoms with Crippen LogP contribution >= 0.6 is 11.6 Å². The Bertz CT molecular complexity index is 1160. The van der Waals surface area contributed by atoms with Crippen LogP contribution in [0.4, 0.5) is 18.9 Å². The van der Waals surface area contributed by atoms with Crippen molar-refractivity contribution in [2.45, 2.75) is 33.0 Å². The summed E-state index contributed by atoms with van der Waals surface area (Å²) in [5, 5.41) is 6.39. The van der Waals surface area contributed by atoms with Gasteiger partial charge < -0.3 is 4.90 Å². The maximum absolute atomic E-state index is 13.6. The first-order valence-corrected chi connectivity index (χ1v) is 11.4. The Hall–Kier alpha value is -2.91. The van der Waals surface area contributed by atoms with Crippen LogP contribution in [0.15, 0.2) is 52.6 Å². The summed E-state index contributed by atoms with van der Waals surface area (Å²) in [4.78, 5) is 21.5. The van der Waals surface area contributed by atoms with Crippen molar-refractivity contribution in [3.05, 3.63) is 64.2 Å². The molecule has 1 unspecified atom stereocenters. The Morgan fingerprint density at radius 3 is 2.47 bits per heavy atom. The Morgan fingerprint density at radius 1 is 1.12 bits per heavy atom. The lowest BCUT2D eigenvalue weighted by molar-refractivity contribution is -0.137. The summed E-state index contributed by atoms with van der Waals surface area (Å²) in [6.07, 6.45) is -4.53. The molecule has 6 nitrogen and oxygen atoms in total. The molecule has 0 saturated carbocycles. The van der Waals surface area contributed by atoms with Gasteiger partial charge in [0.1, 0.15) is 12.6 Å². The summed E-state index contributed by atoms with van der Waals surface area (Å²) in [7, 11) is 0. The van der Waals surface area contributed by atoms with E-state index >= 15 is 0 Å². The first kappa shape index (κ1) is 24.2. The molecule has 4 rings (SSSR count). The van der Waals surface area contributed by atoms with Gasteiger partial charge in [-0.1, -0.05) is 43.6 Å². The predicted octanol–water partition coefficient (Wildman–Crippen LogP) is 4.86. The zero-order valence-corrected chi connectivity index (χ0v) is 19.9. The average molecular weight is 492 g/mol. The average Bonchev–Trinajstić information content (AvgIpc) is 2.91. The molecule has 0 saturated heterocycles. The van der Waals surface area contributed by atoms with E-state index in [9.17, 15) is 18.0 Å². The van der Waals surface area contributed by atoms with Crippen LogP contribution in [0, 0.1) is 0 Å². The van der Waals surface area contributed by atoms with E-state index in [0.717, 1.165) is 25.2 Å². The molecule has 2 aliphatic rings. The van der Waals surface area contributed by atoms with Gasteiger partial charge in [0.05, 0.1) is 23.6 Å². The summed E-state index contributed by atoms with van der Waals surface area (Å²) in [5.74, 6) is 0.254. The maximum Gasteiger partial charge on any atom is 0.416 e. The number of benzene rings is 2. The second-order valence-corrected chi connectivity index (χ2v) is 8.55. The number of carbonyl (C=O) groups excluding carboxylic acids is 1. The van der Waals surface area contributed by atoms with Gasteiger partial charge in [-0.25, -0.2) is 5.01 Å². The van der Waals surface area contributed by atoms with Gasteiger partial charge in [0.15, 0.2) is 5.84 Å². The van der Waals surface area contributed by atoms with Crippen molar-refractivity contribution >= 4 is 34.7 Å². The lowest BCUT2D eigenvalue weighted by Crippen LogP contribution is -2.52. The standard InChI is InChI=1S/C24H25ClF3N5O/c1-4-31(5-2)14-33-21(34)13-32-20-11-10-16(24(26,27)28)12-18(20)22(29-15(3)23(32)30-33)17-8-6-7-9-19(17)25/h6-12,15H,4-5,13-14H2,1-3H3. The molecule has 1 amide bonds. The number of amides is 1. The molecule has 2 aromatic carbocycles. The summed E-state index contributed by atoms with van der Waals surface area (Å²) >= 11 is 6.43. The van der Waals surface area contributed by atoms with Crippen LogP contribution in [0.5, 0.6) is 0 Å². The maximum atomic E-state index is 13.6. The molecule has 1 atom stereocenters. The molecule has 0 fully saturated rings. The normalized spacial score (nSPS) is 18.4. The van der Waals surface area contributed by atoms with E-state index in [1.165, 1.54) is 11.1 Å². The van der Waals surface area contributed by atoms with Crippen molar-refractivity contribution in [3.8, 4) is 0 Å². The minimum atomic E-state index is -4.53. The smallest absolute Gasteiger partial charge is 0.316 e. The van der Waals surface area contributed by atoms with Crippen molar-refractivity contribution < 1.29 is 18.0 Å². The van der Waals surface area contributed by atoms with Gasteiger partial charge in [-0.05, 0) is 44.3 Å². The molecular weight excluding hydrogens is 467 g/mol. The second-order valence-electron chi connectivity index (χ2n) is 8.15. The number of amidine groups is 1. The first-order chi connectivity index (χ1) is 16.1. The summed E-state index contributed by atoms with van der Waals surface area (Å²) in [6.45, 7) is 7.60. The van der Waals surface area contributed by atoms with Crippen molar-refractivity contribution in [1.29, 1.82) is 0 Å². The molecule has 2 heterocycles. The van der Waals surface area contributed by atoms with Crippen LogP contribution in [0.25, 0.3) is 0 Å². The first-order valence-electron chi connectivity index (χ1n) is 11.1. The fourth-order valence-corrected chi connectivity index (χ4v) is 4.32. The topological polar surface area (TPSA) is 51.5 Å². The van der Waals surface area contributed by atoms with Crippen LogP contribution in [-0.2, 0) is 11.0 Å². The zero-order chi connectivity index (χ0) is 24.6. The van der Waals surface area contributed by atoms with E-state index in [1.54, 1.807) is 29.2 Å². The van der Waals surface area contributed by atoms with E-state index in [1.807, 2.05) is 20.8 Å². The highest BCUT2D eigenvalue weighted by Crippen LogP contribution is 2.37. The number of nitrogens with zero attached hydrogens (tertiary/aromatic N) is 5. The molecule has 180 valence electrons. The van der Waals surface area contributed by atoms with Crippen molar-refractivity contribution in [2.75, 3.05) is 31.2 Å². The highest BCUT2D eigenvalue weighted by atomic mass is 35.5. The Labute approximate surface area is 201 Å². The number of hydrazone groups is 1. The highest BCUT2D eigenvalue weighted by molar-refractivity contribution is 6.36. The lowest BCUT2D eigenvalue weighted by Gasteiger charge is -2.36. The molecule has 2 aromatic rings. The van der Waals surface area contributed by atoms with Crippen LogP contribution in [0.1, 0.15) is 37.5 Å². The molecule has 0 aliphatic carbocycles. The third kappa shape index (κ3) is 4.54. The van der Waals surface area contributed by atoms with Crippen LogP contribution in [0.2, 0.25) is 5.02 Å². The number of fused-ring (bicyclic) bond motifs is 3. The van der Waals surface area contributed by atoms with Crippen LogP contribution in [-0.4, -0.2) is 59.7 Å². The third-order valence-electron chi connectivity index (χ3n) is 6.00. The van der Waals surface area contributed by atoms with E-state index in [-0.39, 0.29) is 18.0 Å². The molecule has 10 heteroatoms. The number of anilines is 1. The number of halogens is 4. The number of hydrogen-bond donors (Lipinski definition) is 0. The molecule has 2 aliphatic heterocycles. The third-order valence-corrected chi connectivity index (χ3v) is 6.33. The molecule has 0 spiro atoms. The van der Waals surface area contributed by atoms with Crippen molar-refractivity contribution in [3.63, 3.8) is 0 Å². The SMILES string of the molecule is CCN(CC)CN1N=C2C(C)N=C(c3ccccc3Cl)c3cc(C(F)(F)F)ccc3N2CC1=O. The van der Waals surface area contributed by atoms with Gasteiger partial charge in [-0.3, -0.25) is 14.7 Å². The lowest BCUT2D eigenvalue weighted by atomic mass is 9.97. The Balaban J connectivity index is 1.90. The van der Waals surface area contributed by atoms with Gasteiger partial charge in [0.2, 0.25) is 0 Å². The molecule has 34 heavy (non-hydrogen) atoms. The van der Waals surface area contributed by atoms with E-state index in [2.05, 4.69) is 10.0 Å². The Morgan fingerprint density at radius 2 is 1.82 bits per heavy atom. The van der Waals surface area contributed by atoms with E-state index in [4.69, 9.17) is 16.6 Å². The van der Waals surface area contributed by atoms with Gasteiger partial charge in [-0.2, -0.15) is 18.3 Å². The Kier molecular flexibility index (Phi) is 6.69. The molecule has 0 aromatic heterocycles. The van der Waals surface area contributed by atoms with Crippen LogP contribution in [0.3, 0.4) is 0 Å². The van der Waals surface area contributed by atoms with Gasteiger partial charge in [0.25, 0.3) is 5.91 Å². The summed E-state index contributed by atoms with van der Waals surface area (Å²) in [6, 6.07) is 9.84. The largest absolute Gasteiger partial charge is 0.416 e. The molecule has 0 bridgehead atoms. The fourth-order valence-electron chi connectivity index (χ4n) is 4.10. The molecular formula is C24H25ClF3N5O. The highest BCUT2D eigenvalue weighted by Gasteiger charge is 2.38. The number of alkyl halides is 3. The van der Waals surface area contributed by atoms with Gasteiger partial charge >= 0.3 is 6.18 Å². The number of carbonyl (C=O) groups is 1. The van der Waals surface area contributed by atoms with E-state index < -0.39 is 17.8 Å². The van der Waals surface area contributed by atoms with Gasteiger partial charge in [-0.15, -0.1) is 0 Å². The van der Waals surface area contributed by atoms with Gasteiger partial charge in [0, 0.05) is 16.1 Å². The van der Waals surface area contributed by atoms with Crippen molar-refractivity contribution in [1.82, 2.24) is 9.91 Å². The fraction of sp³-hybridized carbons (Fsp3) is 0.375. The minimum absolute atomic E-state index is 0.0475. The summed E-state index contributed by atoms with van der Waals surface area (Å²) in [5.41, 5.74) is 0.739. The van der Waals surface area contributed by atoms with Crippen LogP contribution < -0.4 is 4.90 Å². The minimum Gasteiger partial charge on any atom is -0.316 e. The molecule has 0 radical (unpaired) electrons. The monoisotopic (exact) mass is 491 g/mol. The number of rotatable bonds is 5. The number of hydrogen-bond acceptors (Lipinski definition) is 5. The second kappa shape index (κ2) is 9.38. The van der Waals surface area contributed by atoms with E-state index in [0.29, 0.717) is 34.5 Å². The summed E-state index contributed by atoms with van der Waals surface area (Å²) < 4.78 is 40.8. The quantitative estimate of drug-likeness (QED) is 0.600. The number of aliphatic imine (C=N–C) groups is 1. The van der Waals surface area contributed by atoms with Crippen molar-refractivity contribution in [2.24, 2.45) is 10.1 Å². The molecule has 0 N–H and O–H groups in total. The predicted molar refractivity (Wildman–Crippen MR) is 127 cm³/mol. The zero-order valence-electron chi connectivity index (χ0n) is 19.1.